The van der Waals surface area contributed by atoms with Gasteiger partial charge in [-0.25, -0.2) is 4.79 Å². The van der Waals surface area contributed by atoms with E-state index in [2.05, 4.69) is 10.6 Å². The summed E-state index contributed by atoms with van der Waals surface area (Å²) in [5.74, 6) is -0.660. The van der Waals surface area contributed by atoms with Crippen molar-refractivity contribution in [3.05, 3.63) is 0 Å². The van der Waals surface area contributed by atoms with Crippen LogP contribution in [-0.4, -0.2) is 71.0 Å². The number of amides is 2. The van der Waals surface area contributed by atoms with Gasteiger partial charge in [0.2, 0.25) is 11.8 Å². The number of carbonyl (C=O) groups excluding carboxylic acids is 2. The predicted octanol–water partition coefficient (Wildman–Crippen LogP) is 0.0519. The minimum atomic E-state index is -0.969. The SMILES string of the molecule is CSCC[C@H](NC(=O)[C@@H]1CCCN1)C(=O)N1CCC[C@@H]1C(=O)O. The fourth-order valence-electron chi connectivity index (χ4n) is 3.16. The van der Waals surface area contributed by atoms with Gasteiger partial charge in [-0.2, -0.15) is 11.8 Å². The van der Waals surface area contributed by atoms with E-state index >= 15 is 0 Å². The first kappa shape index (κ1) is 18.1. The van der Waals surface area contributed by atoms with Crippen LogP contribution >= 0.6 is 11.8 Å². The largest absolute Gasteiger partial charge is 0.480 e. The number of nitrogens with one attached hydrogen (secondary N) is 2. The molecule has 0 radical (unpaired) electrons. The third-order valence-corrected chi connectivity index (χ3v) is 5.07. The van der Waals surface area contributed by atoms with Crippen molar-refractivity contribution in [1.82, 2.24) is 15.5 Å². The summed E-state index contributed by atoms with van der Waals surface area (Å²) in [5.41, 5.74) is 0. The minimum Gasteiger partial charge on any atom is -0.480 e. The summed E-state index contributed by atoms with van der Waals surface area (Å²) < 4.78 is 0. The van der Waals surface area contributed by atoms with Crippen LogP contribution < -0.4 is 10.6 Å². The number of hydrogen-bond acceptors (Lipinski definition) is 5. The molecule has 0 spiro atoms. The highest BCUT2D eigenvalue weighted by Crippen LogP contribution is 2.20. The summed E-state index contributed by atoms with van der Waals surface area (Å²) in [6.07, 6.45) is 5.36. The summed E-state index contributed by atoms with van der Waals surface area (Å²) in [6.45, 7) is 1.26. The van der Waals surface area contributed by atoms with Gasteiger partial charge in [0.25, 0.3) is 0 Å². The van der Waals surface area contributed by atoms with Crippen molar-refractivity contribution in [1.29, 1.82) is 0 Å². The number of carboxylic acids is 1. The van der Waals surface area contributed by atoms with Gasteiger partial charge in [0.05, 0.1) is 6.04 Å². The van der Waals surface area contributed by atoms with Crippen LogP contribution in [0.25, 0.3) is 0 Å². The number of aliphatic carboxylic acids is 1. The average Bonchev–Trinajstić information content (AvgIpc) is 3.21. The number of carboxylic acid groups (broad SMARTS) is 1. The first-order valence-corrected chi connectivity index (χ1v) is 9.50. The van der Waals surface area contributed by atoms with Crippen LogP contribution in [0.2, 0.25) is 0 Å². The quantitative estimate of drug-likeness (QED) is 0.604. The lowest BCUT2D eigenvalue weighted by Crippen LogP contribution is -2.54. The normalized spacial score (nSPS) is 25.3. The molecular formula is C15H25N3O4S. The maximum atomic E-state index is 12.7. The van der Waals surface area contributed by atoms with E-state index in [1.807, 2.05) is 6.26 Å². The zero-order valence-electron chi connectivity index (χ0n) is 13.4. The van der Waals surface area contributed by atoms with Gasteiger partial charge in [-0.1, -0.05) is 0 Å². The van der Waals surface area contributed by atoms with Gasteiger partial charge in [0.1, 0.15) is 12.1 Å². The van der Waals surface area contributed by atoms with Crippen LogP contribution in [0.5, 0.6) is 0 Å². The van der Waals surface area contributed by atoms with E-state index in [1.54, 1.807) is 11.8 Å². The molecule has 2 heterocycles. The van der Waals surface area contributed by atoms with Crippen molar-refractivity contribution >= 4 is 29.5 Å². The highest BCUT2D eigenvalue weighted by Gasteiger charge is 2.38. The Kier molecular flexibility index (Phi) is 6.71. The summed E-state index contributed by atoms with van der Waals surface area (Å²) in [4.78, 5) is 37.7. The second-order valence-corrected chi connectivity index (χ2v) is 7.01. The topological polar surface area (TPSA) is 98.7 Å². The van der Waals surface area contributed by atoms with Gasteiger partial charge in [0.15, 0.2) is 0 Å². The Morgan fingerprint density at radius 3 is 2.74 bits per heavy atom. The molecule has 0 aromatic rings. The van der Waals surface area contributed by atoms with Gasteiger partial charge in [-0.05, 0) is 50.7 Å². The van der Waals surface area contributed by atoms with Crippen molar-refractivity contribution in [2.24, 2.45) is 0 Å². The molecule has 0 aliphatic carbocycles. The van der Waals surface area contributed by atoms with E-state index in [9.17, 15) is 19.5 Å². The number of likely N-dealkylation sites (tertiary alicyclic amines) is 1. The van der Waals surface area contributed by atoms with Gasteiger partial charge in [-0.3, -0.25) is 9.59 Å². The summed E-state index contributed by atoms with van der Waals surface area (Å²) in [5, 5.41) is 15.2. The molecule has 23 heavy (non-hydrogen) atoms. The number of rotatable bonds is 7. The molecule has 2 amide bonds. The zero-order chi connectivity index (χ0) is 16.8. The van der Waals surface area contributed by atoms with Crippen molar-refractivity contribution in [3.8, 4) is 0 Å². The molecule has 7 nitrogen and oxygen atoms in total. The summed E-state index contributed by atoms with van der Waals surface area (Å²) >= 11 is 1.60. The first-order chi connectivity index (χ1) is 11.0. The second kappa shape index (κ2) is 8.54. The third kappa shape index (κ3) is 4.60. The maximum absolute atomic E-state index is 12.7. The number of thioether (sulfide) groups is 1. The zero-order valence-corrected chi connectivity index (χ0v) is 14.2. The van der Waals surface area contributed by atoms with Gasteiger partial charge >= 0.3 is 5.97 Å². The van der Waals surface area contributed by atoms with Crippen molar-refractivity contribution in [2.45, 2.75) is 50.2 Å². The Labute approximate surface area is 140 Å². The fraction of sp³-hybridized carbons (Fsp3) is 0.800. The lowest BCUT2D eigenvalue weighted by Gasteiger charge is -2.28. The minimum absolute atomic E-state index is 0.159. The molecule has 3 N–H and O–H groups in total. The number of carbonyl (C=O) groups is 3. The van der Waals surface area contributed by atoms with Gasteiger partial charge in [0, 0.05) is 6.54 Å². The Bertz CT molecular complexity index is 454. The van der Waals surface area contributed by atoms with Crippen LogP contribution in [0, 0.1) is 0 Å². The van der Waals surface area contributed by atoms with E-state index < -0.39 is 18.1 Å². The fourth-order valence-corrected chi connectivity index (χ4v) is 3.63. The molecule has 0 bridgehead atoms. The van der Waals surface area contributed by atoms with E-state index in [0.717, 1.165) is 25.1 Å². The maximum Gasteiger partial charge on any atom is 0.326 e. The van der Waals surface area contributed by atoms with Gasteiger partial charge < -0.3 is 20.6 Å². The predicted molar refractivity (Wildman–Crippen MR) is 88.3 cm³/mol. The number of nitrogens with zero attached hydrogens (tertiary/aromatic N) is 1. The smallest absolute Gasteiger partial charge is 0.326 e. The van der Waals surface area contributed by atoms with Crippen molar-refractivity contribution < 1.29 is 19.5 Å². The Morgan fingerprint density at radius 2 is 2.13 bits per heavy atom. The van der Waals surface area contributed by atoms with E-state index in [0.29, 0.717) is 25.8 Å². The van der Waals surface area contributed by atoms with E-state index in [1.165, 1.54) is 4.90 Å². The molecule has 2 rings (SSSR count). The Hall–Kier alpha value is -1.28. The van der Waals surface area contributed by atoms with Crippen molar-refractivity contribution in [3.63, 3.8) is 0 Å². The molecule has 130 valence electrons. The lowest BCUT2D eigenvalue weighted by molar-refractivity contribution is -0.149. The highest BCUT2D eigenvalue weighted by molar-refractivity contribution is 7.98. The van der Waals surface area contributed by atoms with Crippen molar-refractivity contribution in [2.75, 3.05) is 25.1 Å². The molecule has 0 aromatic carbocycles. The van der Waals surface area contributed by atoms with Crippen LogP contribution in [0.15, 0.2) is 0 Å². The standard InChI is InChI=1S/C15H25N3O4S/c1-23-9-6-11(17-13(19)10-4-2-7-16-10)14(20)18-8-3-5-12(18)15(21)22/h10-12,16H,2-9H2,1H3,(H,17,19)(H,21,22)/t10-,11-,12+/m0/s1. The van der Waals surface area contributed by atoms with Gasteiger partial charge in [-0.15, -0.1) is 0 Å². The lowest BCUT2D eigenvalue weighted by atomic mass is 10.1. The molecule has 3 atom stereocenters. The second-order valence-electron chi connectivity index (χ2n) is 6.02. The Balaban J connectivity index is 2.02. The molecular weight excluding hydrogens is 318 g/mol. The average molecular weight is 343 g/mol. The molecule has 0 unspecified atom stereocenters. The van der Waals surface area contributed by atoms with Crippen LogP contribution in [-0.2, 0) is 14.4 Å². The monoisotopic (exact) mass is 343 g/mol. The van der Waals surface area contributed by atoms with Crippen LogP contribution in [0.3, 0.4) is 0 Å². The van der Waals surface area contributed by atoms with E-state index in [-0.39, 0.29) is 17.9 Å². The molecule has 2 saturated heterocycles. The third-order valence-electron chi connectivity index (χ3n) is 4.42. The molecule has 2 aliphatic rings. The molecule has 2 fully saturated rings. The van der Waals surface area contributed by atoms with Crippen LogP contribution in [0.1, 0.15) is 32.1 Å². The summed E-state index contributed by atoms with van der Waals surface area (Å²) in [6, 6.07) is -1.65. The summed E-state index contributed by atoms with van der Waals surface area (Å²) in [7, 11) is 0. The highest BCUT2D eigenvalue weighted by atomic mass is 32.2. The first-order valence-electron chi connectivity index (χ1n) is 8.10. The molecule has 8 heteroatoms. The number of hydrogen-bond donors (Lipinski definition) is 3. The Morgan fingerprint density at radius 1 is 1.35 bits per heavy atom. The molecule has 2 aliphatic heterocycles. The molecule has 0 saturated carbocycles. The van der Waals surface area contributed by atoms with E-state index in [4.69, 9.17) is 0 Å². The van der Waals surface area contributed by atoms with Crippen LogP contribution in [0.4, 0.5) is 0 Å². The molecule has 0 aromatic heterocycles.